The first-order valence-corrected chi connectivity index (χ1v) is 9.35. The lowest BCUT2D eigenvalue weighted by molar-refractivity contribution is 0.0518. The highest BCUT2D eigenvalue weighted by atomic mass is 16.5. The molecule has 0 aliphatic heterocycles. The number of carbonyl (C=O) groups excluding carboxylic acids is 2. The summed E-state index contributed by atoms with van der Waals surface area (Å²) < 4.78 is 6.57. The second-order valence-corrected chi connectivity index (χ2v) is 6.66. The van der Waals surface area contributed by atoms with Gasteiger partial charge in [-0.05, 0) is 55.0 Å². The molecule has 3 aromatic rings. The summed E-state index contributed by atoms with van der Waals surface area (Å²) in [7, 11) is 3.91. The van der Waals surface area contributed by atoms with Crippen LogP contribution in [-0.4, -0.2) is 42.4 Å². The van der Waals surface area contributed by atoms with E-state index >= 15 is 0 Å². The van der Waals surface area contributed by atoms with Gasteiger partial charge in [-0.15, -0.1) is 0 Å². The maximum absolute atomic E-state index is 12.4. The fourth-order valence-electron chi connectivity index (χ4n) is 2.79. The maximum atomic E-state index is 12.4. The van der Waals surface area contributed by atoms with Crippen molar-refractivity contribution in [3.8, 4) is 5.69 Å². The molecule has 1 aromatic heterocycles. The van der Waals surface area contributed by atoms with E-state index in [1.165, 1.54) is 0 Å². The summed E-state index contributed by atoms with van der Waals surface area (Å²) in [6.07, 6.45) is 1.70. The van der Waals surface area contributed by atoms with Crippen molar-refractivity contribution in [3.05, 3.63) is 77.6 Å². The van der Waals surface area contributed by atoms with Crippen LogP contribution in [0.5, 0.6) is 0 Å². The number of nitrogens with one attached hydrogen (secondary N) is 1. The molecule has 0 aliphatic rings. The van der Waals surface area contributed by atoms with Crippen LogP contribution < -0.4 is 10.2 Å². The van der Waals surface area contributed by atoms with Crippen molar-refractivity contribution in [1.29, 1.82) is 0 Å². The number of amides is 1. The predicted octanol–water partition coefficient (Wildman–Crippen LogP) is 3.05. The number of hydrogen-bond donors (Lipinski definition) is 1. The molecule has 0 radical (unpaired) electrons. The number of anilines is 1. The summed E-state index contributed by atoms with van der Waals surface area (Å²) in [5.74, 6) is -0.584. The van der Waals surface area contributed by atoms with Gasteiger partial charge in [-0.25, -0.2) is 9.48 Å². The molecule has 7 nitrogen and oxygen atoms in total. The molecular weight excluding hydrogens is 368 g/mol. The van der Waals surface area contributed by atoms with Crippen molar-refractivity contribution in [2.24, 2.45) is 0 Å². The second-order valence-electron chi connectivity index (χ2n) is 6.66. The van der Waals surface area contributed by atoms with Gasteiger partial charge in [0.2, 0.25) is 0 Å². The standard InChI is InChI=1S/C22H24N4O3/c1-4-29-22(28)20-12-13-26(24-20)19-7-5-6-16(14-19)15-23-21(27)17-8-10-18(11-9-17)25(2)3/h5-14H,4,15H2,1-3H3,(H,23,27). The molecule has 1 heterocycles. The number of nitrogens with zero attached hydrogens (tertiary/aromatic N) is 3. The van der Waals surface area contributed by atoms with E-state index in [4.69, 9.17) is 4.74 Å². The molecule has 29 heavy (non-hydrogen) atoms. The average molecular weight is 392 g/mol. The highest BCUT2D eigenvalue weighted by Gasteiger charge is 2.11. The first-order chi connectivity index (χ1) is 14.0. The van der Waals surface area contributed by atoms with E-state index in [1.54, 1.807) is 23.9 Å². The quantitative estimate of drug-likeness (QED) is 0.626. The van der Waals surface area contributed by atoms with Crippen molar-refractivity contribution in [1.82, 2.24) is 15.1 Å². The van der Waals surface area contributed by atoms with Crippen LogP contribution in [0.15, 0.2) is 60.8 Å². The van der Waals surface area contributed by atoms with Gasteiger partial charge in [-0.2, -0.15) is 5.10 Å². The van der Waals surface area contributed by atoms with Gasteiger partial charge >= 0.3 is 5.97 Å². The Hall–Kier alpha value is -3.61. The van der Waals surface area contributed by atoms with Crippen LogP contribution in [-0.2, 0) is 11.3 Å². The zero-order valence-electron chi connectivity index (χ0n) is 16.8. The normalized spacial score (nSPS) is 10.4. The third-order valence-corrected chi connectivity index (χ3v) is 4.35. The Morgan fingerprint density at radius 2 is 1.86 bits per heavy atom. The van der Waals surface area contributed by atoms with Gasteiger partial charge in [0.05, 0.1) is 12.3 Å². The topological polar surface area (TPSA) is 76.5 Å². The van der Waals surface area contributed by atoms with Gasteiger partial charge in [0.1, 0.15) is 0 Å². The summed E-state index contributed by atoms with van der Waals surface area (Å²) in [6.45, 7) is 2.44. The lowest BCUT2D eigenvalue weighted by Crippen LogP contribution is -2.23. The summed E-state index contributed by atoms with van der Waals surface area (Å²) >= 11 is 0. The largest absolute Gasteiger partial charge is 0.461 e. The first-order valence-electron chi connectivity index (χ1n) is 9.35. The van der Waals surface area contributed by atoms with Crippen molar-refractivity contribution in [2.75, 3.05) is 25.6 Å². The van der Waals surface area contributed by atoms with E-state index in [1.807, 2.05) is 67.5 Å². The van der Waals surface area contributed by atoms with Gasteiger partial charge in [0.15, 0.2) is 5.69 Å². The molecule has 150 valence electrons. The number of hydrogen-bond acceptors (Lipinski definition) is 5. The first kappa shape index (κ1) is 20.1. The fourth-order valence-corrected chi connectivity index (χ4v) is 2.79. The van der Waals surface area contributed by atoms with Crippen molar-refractivity contribution in [3.63, 3.8) is 0 Å². The van der Waals surface area contributed by atoms with Gasteiger partial charge in [0, 0.05) is 38.1 Å². The second kappa shape index (κ2) is 9.05. The molecule has 0 saturated carbocycles. The lowest BCUT2D eigenvalue weighted by atomic mass is 10.1. The van der Waals surface area contributed by atoms with E-state index in [0.717, 1.165) is 16.9 Å². The van der Waals surface area contributed by atoms with E-state index in [0.29, 0.717) is 18.7 Å². The minimum absolute atomic E-state index is 0.135. The van der Waals surface area contributed by atoms with Crippen LogP contribution in [0.4, 0.5) is 5.69 Å². The summed E-state index contributed by atoms with van der Waals surface area (Å²) in [4.78, 5) is 26.2. The van der Waals surface area contributed by atoms with Gasteiger partial charge in [0.25, 0.3) is 5.91 Å². The van der Waals surface area contributed by atoms with Crippen molar-refractivity contribution < 1.29 is 14.3 Å². The van der Waals surface area contributed by atoms with Crippen LogP contribution >= 0.6 is 0 Å². The summed E-state index contributed by atoms with van der Waals surface area (Å²) in [6, 6.07) is 16.7. The van der Waals surface area contributed by atoms with Crippen LogP contribution in [0.2, 0.25) is 0 Å². The Morgan fingerprint density at radius 3 is 2.55 bits per heavy atom. The van der Waals surface area contributed by atoms with Crippen LogP contribution in [0.1, 0.15) is 33.3 Å². The lowest BCUT2D eigenvalue weighted by Gasteiger charge is -2.12. The Kier molecular flexibility index (Phi) is 6.29. The molecule has 0 bridgehead atoms. The van der Waals surface area contributed by atoms with E-state index in [-0.39, 0.29) is 11.6 Å². The zero-order chi connectivity index (χ0) is 20.8. The van der Waals surface area contributed by atoms with E-state index in [2.05, 4.69) is 10.4 Å². The molecule has 0 aliphatic carbocycles. The maximum Gasteiger partial charge on any atom is 0.358 e. The SMILES string of the molecule is CCOC(=O)c1ccn(-c2cccc(CNC(=O)c3ccc(N(C)C)cc3)c2)n1. The Bertz CT molecular complexity index is 993. The third-order valence-electron chi connectivity index (χ3n) is 4.35. The number of carbonyl (C=O) groups is 2. The smallest absolute Gasteiger partial charge is 0.358 e. The zero-order valence-corrected chi connectivity index (χ0v) is 16.8. The molecule has 0 fully saturated rings. The van der Waals surface area contributed by atoms with Gasteiger partial charge in [-0.3, -0.25) is 4.79 Å². The Labute approximate surface area is 169 Å². The Morgan fingerprint density at radius 1 is 1.10 bits per heavy atom. The number of rotatable bonds is 7. The predicted molar refractivity (Wildman–Crippen MR) is 111 cm³/mol. The molecule has 0 saturated heterocycles. The van der Waals surface area contributed by atoms with E-state index in [9.17, 15) is 9.59 Å². The minimum Gasteiger partial charge on any atom is -0.461 e. The molecule has 1 N–H and O–H groups in total. The molecule has 0 unspecified atom stereocenters. The molecule has 1 amide bonds. The Balaban J connectivity index is 1.65. The molecule has 0 atom stereocenters. The fraction of sp³-hybridized carbons (Fsp3) is 0.227. The van der Waals surface area contributed by atoms with Crippen LogP contribution in [0.25, 0.3) is 5.69 Å². The summed E-state index contributed by atoms with van der Waals surface area (Å²) in [5, 5.41) is 7.18. The van der Waals surface area contributed by atoms with E-state index < -0.39 is 5.97 Å². The van der Waals surface area contributed by atoms with Crippen LogP contribution in [0, 0.1) is 0 Å². The van der Waals surface area contributed by atoms with Crippen molar-refractivity contribution >= 4 is 17.6 Å². The molecule has 0 spiro atoms. The number of ether oxygens (including phenoxy) is 1. The highest BCUT2D eigenvalue weighted by Crippen LogP contribution is 2.14. The highest BCUT2D eigenvalue weighted by molar-refractivity contribution is 5.94. The molecular formula is C22H24N4O3. The molecule has 7 heteroatoms. The summed E-state index contributed by atoms with van der Waals surface area (Å²) in [5.41, 5.74) is 3.62. The van der Waals surface area contributed by atoms with Gasteiger partial charge < -0.3 is 15.0 Å². The molecule has 3 rings (SSSR count). The minimum atomic E-state index is -0.449. The third kappa shape index (κ3) is 5.01. The number of aromatic nitrogens is 2. The molecule has 2 aromatic carbocycles. The monoisotopic (exact) mass is 392 g/mol. The average Bonchev–Trinajstić information content (AvgIpc) is 3.23. The number of benzene rings is 2. The van der Waals surface area contributed by atoms with Gasteiger partial charge in [-0.1, -0.05) is 12.1 Å². The van der Waals surface area contributed by atoms with Crippen LogP contribution in [0.3, 0.4) is 0 Å². The van der Waals surface area contributed by atoms with Crippen molar-refractivity contribution in [2.45, 2.75) is 13.5 Å². The number of esters is 1.